The first-order valence-corrected chi connectivity index (χ1v) is 9.34. The smallest absolute Gasteiger partial charge is 0.0517 e. The van der Waals surface area contributed by atoms with Gasteiger partial charge in [0.15, 0.2) is 0 Å². The van der Waals surface area contributed by atoms with Crippen molar-refractivity contribution in [2.45, 2.75) is 0 Å². The Balaban J connectivity index is 2.08. The van der Waals surface area contributed by atoms with Crippen molar-refractivity contribution >= 4 is 37.3 Å². The van der Waals surface area contributed by atoms with Crippen molar-refractivity contribution in [1.29, 1.82) is 0 Å². The van der Waals surface area contributed by atoms with Gasteiger partial charge in [-0.1, -0.05) is 0 Å². The molecule has 2 bridgehead atoms. The zero-order valence-corrected chi connectivity index (χ0v) is 15.5. The molecule has 0 radical (unpaired) electrons. The number of hydrogen-bond donors (Lipinski definition) is 0. The lowest BCUT2D eigenvalue weighted by molar-refractivity contribution is 0.298. The number of aliphatic imine (C=N–C) groups is 6. The molecular weight excluding hydrogens is 328 g/mol. The van der Waals surface area contributed by atoms with Gasteiger partial charge in [0.05, 0.1) is 39.3 Å². The van der Waals surface area contributed by atoms with Crippen molar-refractivity contribution < 1.29 is 0 Å². The van der Waals surface area contributed by atoms with E-state index in [0.29, 0.717) is 0 Å². The summed E-state index contributed by atoms with van der Waals surface area (Å²) < 4.78 is 0. The molecule has 0 unspecified atom stereocenters. The number of nitrogens with zero attached hydrogens (tertiary/aromatic N) is 8. The molecular formula is C18H30N8. The molecule has 0 N–H and O–H groups in total. The van der Waals surface area contributed by atoms with E-state index < -0.39 is 0 Å². The van der Waals surface area contributed by atoms with Crippen LogP contribution in [0, 0.1) is 0 Å². The second-order valence-electron chi connectivity index (χ2n) is 6.01. The molecule has 3 rings (SSSR count). The highest BCUT2D eigenvalue weighted by Crippen LogP contribution is 1.92. The average molecular weight is 358 g/mol. The lowest BCUT2D eigenvalue weighted by atomic mass is 10.4. The van der Waals surface area contributed by atoms with E-state index in [1.165, 1.54) is 0 Å². The molecule has 3 heterocycles. The van der Waals surface area contributed by atoms with E-state index in [2.05, 4.69) is 39.8 Å². The number of hydrogen-bond acceptors (Lipinski definition) is 8. The maximum atomic E-state index is 4.43. The summed E-state index contributed by atoms with van der Waals surface area (Å²) >= 11 is 0. The number of fused-ring (bicyclic) bond motifs is 15. The summed E-state index contributed by atoms with van der Waals surface area (Å²) in [6.45, 7) is 9.92. The predicted octanol–water partition coefficient (Wildman–Crippen LogP) is 0.0424. The van der Waals surface area contributed by atoms with E-state index in [9.17, 15) is 0 Å². The Labute approximate surface area is 156 Å². The molecule has 0 spiro atoms. The third kappa shape index (κ3) is 10.0. The molecule has 3 aliphatic rings. The molecule has 0 saturated carbocycles. The van der Waals surface area contributed by atoms with Gasteiger partial charge in [-0.2, -0.15) is 0 Å². The van der Waals surface area contributed by atoms with E-state index in [1.807, 2.05) is 0 Å². The molecule has 0 saturated heterocycles. The van der Waals surface area contributed by atoms with Crippen LogP contribution in [0.2, 0.25) is 0 Å². The topological polar surface area (TPSA) is 80.6 Å². The van der Waals surface area contributed by atoms with Crippen molar-refractivity contribution in [3.63, 3.8) is 0 Å². The molecule has 0 aromatic rings. The van der Waals surface area contributed by atoms with Gasteiger partial charge >= 0.3 is 0 Å². The van der Waals surface area contributed by atoms with Crippen LogP contribution in [0.4, 0.5) is 0 Å². The summed E-state index contributed by atoms with van der Waals surface area (Å²) in [5.41, 5.74) is 0. The summed E-state index contributed by atoms with van der Waals surface area (Å²) in [4.78, 5) is 31.3. The van der Waals surface area contributed by atoms with Crippen LogP contribution < -0.4 is 0 Å². The van der Waals surface area contributed by atoms with Crippen LogP contribution in [0.5, 0.6) is 0 Å². The minimum Gasteiger partial charge on any atom is -0.298 e. The maximum absolute atomic E-state index is 4.43. The largest absolute Gasteiger partial charge is 0.298 e. The Kier molecular flexibility index (Phi) is 11.0. The van der Waals surface area contributed by atoms with Gasteiger partial charge in [-0.25, -0.2) is 0 Å². The first kappa shape index (κ1) is 20.3. The molecule has 0 amide bonds. The molecule has 0 fully saturated rings. The highest BCUT2D eigenvalue weighted by Gasteiger charge is 2.04. The molecule has 8 heteroatoms. The second kappa shape index (κ2) is 14.1. The minimum atomic E-state index is 0.758. The minimum absolute atomic E-state index is 0.758. The molecule has 0 aliphatic carbocycles. The molecule has 0 atom stereocenters. The van der Waals surface area contributed by atoms with E-state index in [4.69, 9.17) is 0 Å². The normalized spacial score (nSPS) is 34.2. The Hall–Kier alpha value is -2.06. The first-order valence-electron chi connectivity index (χ1n) is 9.34. The van der Waals surface area contributed by atoms with Gasteiger partial charge in [0.2, 0.25) is 0 Å². The van der Waals surface area contributed by atoms with Crippen LogP contribution in [0.1, 0.15) is 0 Å². The Bertz CT molecular complexity index is 411. The lowest BCUT2D eigenvalue weighted by Gasteiger charge is -2.19. The maximum Gasteiger partial charge on any atom is 0.0517 e. The van der Waals surface area contributed by atoms with Crippen LogP contribution in [-0.4, -0.2) is 126 Å². The van der Waals surface area contributed by atoms with E-state index in [1.54, 1.807) is 37.3 Å². The van der Waals surface area contributed by atoms with E-state index >= 15 is 0 Å². The van der Waals surface area contributed by atoms with Crippen molar-refractivity contribution in [2.75, 3.05) is 78.5 Å². The lowest BCUT2D eigenvalue weighted by Crippen LogP contribution is -2.32. The van der Waals surface area contributed by atoms with E-state index in [-0.39, 0.29) is 0 Å². The van der Waals surface area contributed by atoms with Gasteiger partial charge in [0.1, 0.15) is 0 Å². The summed E-state index contributed by atoms with van der Waals surface area (Å²) in [5.74, 6) is 0. The van der Waals surface area contributed by atoms with Gasteiger partial charge in [0, 0.05) is 76.6 Å². The molecule has 8 nitrogen and oxygen atoms in total. The third-order valence-corrected chi connectivity index (χ3v) is 4.10. The molecule has 142 valence electrons. The summed E-state index contributed by atoms with van der Waals surface area (Å²) in [7, 11) is 0. The van der Waals surface area contributed by atoms with Crippen molar-refractivity contribution in [3.05, 3.63) is 0 Å². The number of rotatable bonds is 0. The monoisotopic (exact) mass is 358 g/mol. The van der Waals surface area contributed by atoms with Crippen molar-refractivity contribution in [1.82, 2.24) is 9.80 Å². The van der Waals surface area contributed by atoms with Crippen LogP contribution in [0.3, 0.4) is 0 Å². The Morgan fingerprint density at radius 3 is 0.731 bits per heavy atom. The molecule has 26 heavy (non-hydrogen) atoms. The van der Waals surface area contributed by atoms with Crippen molar-refractivity contribution in [3.8, 4) is 0 Å². The van der Waals surface area contributed by atoms with E-state index in [0.717, 1.165) is 78.5 Å². The fraction of sp³-hybridized carbons (Fsp3) is 0.667. The van der Waals surface area contributed by atoms with Crippen LogP contribution >= 0.6 is 0 Å². The fourth-order valence-corrected chi connectivity index (χ4v) is 2.60. The summed E-state index contributed by atoms with van der Waals surface area (Å²) in [6, 6.07) is 0. The summed E-state index contributed by atoms with van der Waals surface area (Å²) in [6.07, 6.45) is 10.8. The average Bonchev–Trinajstić information content (AvgIpc) is 2.65. The molecule has 0 aromatic heterocycles. The first-order chi connectivity index (χ1) is 12.9. The van der Waals surface area contributed by atoms with Crippen molar-refractivity contribution in [2.24, 2.45) is 30.0 Å². The highest BCUT2D eigenvalue weighted by molar-refractivity contribution is 6.16. The van der Waals surface area contributed by atoms with Crippen LogP contribution in [0.25, 0.3) is 0 Å². The van der Waals surface area contributed by atoms with Crippen LogP contribution in [-0.2, 0) is 0 Å². The zero-order chi connectivity index (χ0) is 18.1. The van der Waals surface area contributed by atoms with Gasteiger partial charge in [-0.05, 0) is 0 Å². The second-order valence-corrected chi connectivity index (χ2v) is 6.01. The van der Waals surface area contributed by atoms with Crippen LogP contribution in [0.15, 0.2) is 30.0 Å². The molecule has 0 aromatic carbocycles. The Morgan fingerprint density at radius 1 is 0.346 bits per heavy atom. The highest BCUT2D eigenvalue weighted by atomic mass is 15.2. The molecule has 3 aliphatic heterocycles. The third-order valence-electron chi connectivity index (χ3n) is 4.10. The Morgan fingerprint density at radius 2 is 0.538 bits per heavy atom. The zero-order valence-electron chi connectivity index (χ0n) is 15.5. The summed E-state index contributed by atoms with van der Waals surface area (Å²) in [5, 5.41) is 0. The van der Waals surface area contributed by atoms with Gasteiger partial charge in [-0.15, -0.1) is 0 Å². The SMILES string of the molecule is C1=N\CCN2CC/N=C\C=N/CCN(CC\N=C/1)CC/N=C/C=N/CC2. The fourth-order valence-electron chi connectivity index (χ4n) is 2.60. The quantitative estimate of drug-likeness (QED) is 0.613. The van der Waals surface area contributed by atoms with Gasteiger partial charge in [-0.3, -0.25) is 39.8 Å². The van der Waals surface area contributed by atoms with Gasteiger partial charge in [0.25, 0.3) is 0 Å². The van der Waals surface area contributed by atoms with Gasteiger partial charge < -0.3 is 0 Å². The standard InChI is InChI=1S/C18H30N8/c1-2-20-8-14-26-17-11-23-5-3-21-9-15-25(13-7-19-1)16-10-22-4-6-24-12-18-26/h1-6H,7-18H2/b19-1-,20-2-,21-3-,22-4+,23-5-,24-6+. The predicted molar refractivity (Wildman–Crippen MR) is 113 cm³/mol.